The van der Waals surface area contributed by atoms with Crippen molar-refractivity contribution in [3.63, 3.8) is 0 Å². The molecule has 1 aliphatic rings. The van der Waals surface area contributed by atoms with Gasteiger partial charge in [0.05, 0.1) is 19.3 Å². The number of ether oxygens (including phenoxy) is 2. The molecular formula is C9H15N3O3. The molecule has 0 amide bonds. The Morgan fingerprint density at radius 3 is 3.07 bits per heavy atom. The van der Waals surface area contributed by atoms with Crippen LogP contribution in [0.1, 0.15) is 20.3 Å². The first-order chi connectivity index (χ1) is 7.03. The topological polar surface area (TPSA) is 87.5 Å². The van der Waals surface area contributed by atoms with E-state index in [-0.39, 0.29) is 6.54 Å². The molecule has 1 heterocycles. The fraction of sp³-hybridized carbons (Fsp3) is 0.778. The molecule has 0 saturated heterocycles. The molecule has 84 valence electrons. The van der Waals surface area contributed by atoms with E-state index >= 15 is 0 Å². The molecular weight excluding hydrogens is 198 g/mol. The molecule has 1 N–H and O–H groups in total. The van der Waals surface area contributed by atoms with Gasteiger partial charge in [-0.2, -0.15) is 0 Å². The van der Waals surface area contributed by atoms with E-state index in [1.807, 2.05) is 0 Å². The minimum Gasteiger partial charge on any atom is -0.467 e. The van der Waals surface area contributed by atoms with Gasteiger partial charge in [-0.3, -0.25) is 0 Å². The molecule has 0 spiro atoms. The predicted molar refractivity (Wildman–Crippen MR) is 53.8 cm³/mol. The lowest BCUT2D eigenvalue weighted by Gasteiger charge is -2.31. The van der Waals surface area contributed by atoms with E-state index in [1.54, 1.807) is 19.9 Å². The molecule has 1 unspecified atom stereocenters. The highest BCUT2D eigenvalue weighted by Gasteiger charge is 2.25. The van der Waals surface area contributed by atoms with Gasteiger partial charge in [-0.05, 0) is 11.6 Å². The standard InChI is InChI=1S/C9H15N3O3/c1-9(2)14-4-3-8(15-9)5-7(13)6-11-12-10/h3,7,13H,4-6H2,1-2H3. The minimum absolute atomic E-state index is 0.0541. The fourth-order valence-electron chi connectivity index (χ4n) is 1.27. The van der Waals surface area contributed by atoms with Crippen molar-refractivity contribution >= 4 is 0 Å². The number of hydrogen-bond acceptors (Lipinski definition) is 4. The molecule has 0 aromatic rings. The summed E-state index contributed by atoms with van der Waals surface area (Å²) in [5.74, 6) is 0.0225. The van der Waals surface area contributed by atoms with E-state index in [2.05, 4.69) is 10.0 Å². The first kappa shape index (κ1) is 11.8. The molecule has 0 bridgehead atoms. The van der Waals surface area contributed by atoms with Crippen molar-refractivity contribution in [2.24, 2.45) is 5.11 Å². The van der Waals surface area contributed by atoms with Gasteiger partial charge in [0.2, 0.25) is 5.79 Å². The number of nitrogens with zero attached hydrogens (tertiary/aromatic N) is 3. The van der Waals surface area contributed by atoms with Gasteiger partial charge in [-0.15, -0.1) is 0 Å². The van der Waals surface area contributed by atoms with Crippen LogP contribution in [0.3, 0.4) is 0 Å². The highest BCUT2D eigenvalue weighted by Crippen LogP contribution is 2.23. The van der Waals surface area contributed by atoms with E-state index < -0.39 is 11.9 Å². The molecule has 1 rings (SSSR count). The zero-order valence-corrected chi connectivity index (χ0v) is 8.88. The summed E-state index contributed by atoms with van der Waals surface area (Å²) in [4.78, 5) is 2.58. The maximum atomic E-state index is 9.48. The lowest BCUT2D eigenvalue weighted by atomic mass is 10.2. The third-order valence-electron chi connectivity index (χ3n) is 1.91. The molecule has 1 aliphatic heterocycles. The smallest absolute Gasteiger partial charge is 0.204 e. The van der Waals surface area contributed by atoms with Gasteiger partial charge < -0.3 is 14.6 Å². The first-order valence-electron chi connectivity index (χ1n) is 4.74. The largest absolute Gasteiger partial charge is 0.467 e. The van der Waals surface area contributed by atoms with E-state index in [1.165, 1.54) is 0 Å². The molecule has 6 heteroatoms. The summed E-state index contributed by atoms with van der Waals surface area (Å²) in [6.07, 6.45) is 1.40. The van der Waals surface area contributed by atoms with Crippen molar-refractivity contribution in [3.8, 4) is 0 Å². The number of aliphatic hydroxyl groups is 1. The normalized spacial score (nSPS) is 20.9. The van der Waals surface area contributed by atoms with Gasteiger partial charge in [0.1, 0.15) is 5.76 Å². The average Bonchev–Trinajstić information content (AvgIpc) is 2.13. The monoisotopic (exact) mass is 213 g/mol. The van der Waals surface area contributed by atoms with E-state index in [4.69, 9.17) is 15.0 Å². The fourth-order valence-corrected chi connectivity index (χ4v) is 1.27. The van der Waals surface area contributed by atoms with Crippen molar-refractivity contribution in [2.45, 2.75) is 32.2 Å². The Hall–Kier alpha value is -1.23. The Morgan fingerprint density at radius 1 is 1.73 bits per heavy atom. The summed E-state index contributed by atoms with van der Waals surface area (Å²) in [7, 11) is 0. The Labute approximate surface area is 88.1 Å². The minimum atomic E-state index is -0.707. The number of hydrogen-bond donors (Lipinski definition) is 1. The van der Waals surface area contributed by atoms with Crippen molar-refractivity contribution < 1.29 is 14.6 Å². The Morgan fingerprint density at radius 2 is 2.47 bits per heavy atom. The van der Waals surface area contributed by atoms with Gasteiger partial charge in [-0.1, -0.05) is 5.11 Å². The number of azide groups is 1. The molecule has 0 aromatic heterocycles. The Kier molecular flexibility index (Phi) is 3.96. The lowest BCUT2D eigenvalue weighted by molar-refractivity contribution is -0.199. The summed E-state index contributed by atoms with van der Waals surface area (Å²) in [5.41, 5.74) is 8.09. The van der Waals surface area contributed by atoms with Crippen LogP contribution in [-0.4, -0.2) is 30.1 Å². The summed E-state index contributed by atoms with van der Waals surface area (Å²) in [6.45, 7) is 4.13. The molecule has 0 fully saturated rings. The van der Waals surface area contributed by atoms with E-state index in [0.717, 1.165) is 0 Å². The van der Waals surface area contributed by atoms with Gasteiger partial charge in [0, 0.05) is 25.2 Å². The summed E-state index contributed by atoms with van der Waals surface area (Å²) in [6, 6.07) is 0. The second-order valence-electron chi connectivity index (χ2n) is 3.75. The van der Waals surface area contributed by atoms with E-state index in [9.17, 15) is 5.11 Å². The van der Waals surface area contributed by atoms with E-state index in [0.29, 0.717) is 18.8 Å². The molecule has 0 aromatic carbocycles. The van der Waals surface area contributed by atoms with Crippen LogP contribution in [0.5, 0.6) is 0 Å². The van der Waals surface area contributed by atoms with Crippen LogP contribution in [0.25, 0.3) is 10.4 Å². The predicted octanol–water partition coefficient (Wildman–Crippen LogP) is 1.71. The van der Waals surface area contributed by atoms with Crippen LogP contribution in [0.4, 0.5) is 0 Å². The van der Waals surface area contributed by atoms with Crippen molar-refractivity contribution in [1.29, 1.82) is 0 Å². The molecule has 15 heavy (non-hydrogen) atoms. The van der Waals surface area contributed by atoms with Gasteiger partial charge in [-0.25, -0.2) is 0 Å². The van der Waals surface area contributed by atoms with Crippen molar-refractivity contribution in [3.05, 3.63) is 22.3 Å². The molecule has 6 nitrogen and oxygen atoms in total. The third-order valence-corrected chi connectivity index (χ3v) is 1.91. The molecule has 1 atom stereocenters. The quantitative estimate of drug-likeness (QED) is 0.438. The number of aliphatic hydroxyl groups excluding tert-OH is 1. The highest BCUT2D eigenvalue weighted by molar-refractivity contribution is 4.99. The van der Waals surface area contributed by atoms with Crippen molar-refractivity contribution in [1.82, 2.24) is 0 Å². The van der Waals surface area contributed by atoms with Crippen molar-refractivity contribution in [2.75, 3.05) is 13.2 Å². The average molecular weight is 213 g/mol. The Bertz CT molecular complexity index is 295. The van der Waals surface area contributed by atoms with Crippen LogP contribution in [0.2, 0.25) is 0 Å². The van der Waals surface area contributed by atoms with Crippen LogP contribution >= 0.6 is 0 Å². The second-order valence-corrected chi connectivity index (χ2v) is 3.75. The van der Waals surface area contributed by atoms with Gasteiger partial charge in [0.25, 0.3) is 0 Å². The molecule has 0 radical (unpaired) electrons. The Balaban J connectivity index is 2.44. The maximum Gasteiger partial charge on any atom is 0.204 e. The van der Waals surface area contributed by atoms with Crippen LogP contribution in [-0.2, 0) is 9.47 Å². The summed E-state index contributed by atoms with van der Waals surface area (Å²) in [5, 5.41) is 12.8. The summed E-state index contributed by atoms with van der Waals surface area (Å²) < 4.78 is 10.8. The van der Waals surface area contributed by atoms with Crippen LogP contribution in [0, 0.1) is 0 Å². The lowest BCUT2D eigenvalue weighted by Crippen LogP contribution is -2.32. The summed E-state index contributed by atoms with van der Waals surface area (Å²) >= 11 is 0. The van der Waals surface area contributed by atoms with Gasteiger partial charge in [0.15, 0.2) is 0 Å². The highest BCUT2D eigenvalue weighted by atomic mass is 16.7. The van der Waals surface area contributed by atoms with Crippen LogP contribution < -0.4 is 0 Å². The van der Waals surface area contributed by atoms with Gasteiger partial charge >= 0.3 is 0 Å². The molecule has 0 aliphatic carbocycles. The second kappa shape index (κ2) is 5.02. The molecule has 0 saturated carbocycles. The zero-order chi connectivity index (χ0) is 11.3. The zero-order valence-electron chi connectivity index (χ0n) is 8.88. The van der Waals surface area contributed by atoms with Crippen LogP contribution in [0.15, 0.2) is 16.9 Å². The SMILES string of the molecule is CC1(C)OCC=C(CC(O)CN=[N+]=[N-])O1. The number of rotatable bonds is 4. The first-order valence-corrected chi connectivity index (χ1v) is 4.74. The third kappa shape index (κ3) is 4.20. The maximum absolute atomic E-state index is 9.48.